The van der Waals surface area contributed by atoms with Gasteiger partial charge in [0.2, 0.25) is 0 Å². The summed E-state index contributed by atoms with van der Waals surface area (Å²) in [5, 5.41) is 8.72. The van der Waals surface area contributed by atoms with Gasteiger partial charge in [-0.2, -0.15) is 0 Å². The van der Waals surface area contributed by atoms with Crippen LogP contribution in [0.3, 0.4) is 0 Å². The van der Waals surface area contributed by atoms with Gasteiger partial charge in [-0.25, -0.2) is 9.37 Å². The first-order valence-corrected chi connectivity index (χ1v) is 16.8. The standard InChI is InChI=1S/C27H39FN4O3.C4H10O.2C2H6/c1-2-10-32(25-5-3-4-23(28)17-25)26-19-31(20-26)27-18-24(6-9-29-27)30-11-7-22(8-12-30)21-35-16-15-34-14-13-33;1-3-4-5-2;2*1-2/h3-6,9,17-18,22,26,33H,2,7-8,10-16,19-21H2,1H3;3-4H2,1-2H3;2*1-2H3. The molecule has 0 amide bonds. The van der Waals surface area contributed by atoms with Gasteiger partial charge in [-0.05, 0) is 55.9 Å². The van der Waals surface area contributed by atoms with Crippen molar-refractivity contribution in [1.29, 1.82) is 0 Å². The van der Waals surface area contributed by atoms with Gasteiger partial charge < -0.3 is 34.0 Å². The summed E-state index contributed by atoms with van der Waals surface area (Å²) in [6.07, 6.45) is 6.28. The van der Waals surface area contributed by atoms with Crippen molar-refractivity contribution in [2.24, 2.45) is 5.92 Å². The number of ether oxygens (including phenoxy) is 3. The molecule has 0 spiro atoms. The zero-order chi connectivity index (χ0) is 32.6. The van der Waals surface area contributed by atoms with Crippen molar-refractivity contribution in [2.75, 3.05) is 94.2 Å². The minimum absolute atomic E-state index is 0.0553. The van der Waals surface area contributed by atoms with Gasteiger partial charge >= 0.3 is 0 Å². The first kappa shape index (κ1) is 39.6. The third kappa shape index (κ3) is 14.1. The van der Waals surface area contributed by atoms with E-state index in [0.29, 0.717) is 31.8 Å². The normalized spacial score (nSPS) is 14.8. The molecule has 2 aliphatic rings. The summed E-state index contributed by atoms with van der Waals surface area (Å²) in [5.41, 5.74) is 2.19. The molecule has 1 N–H and O–H groups in total. The van der Waals surface area contributed by atoms with E-state index in [-0.39, 0.29) is 12.4 Å². The van der Waals surface area contributed by atoms with Crippen molar-refractivity contribution in [3.63, 3.8) is 0 Å². The Labute approximate surface area is 267 Å². The molecule has 0 aliphatic carbocycles. The van der Waals surface area contributed by atoms with Crippen LogP contribution in [0.5, 0.6) is 0 Å². The number of piperidine rings is 1. The smallest absolute Gasteiger partial charge is 0.130 e. The average molecular weight is 621 g/mol. The van der Waals surface area contributed by atoms with E-state index in [2.05, 4.69) is 45.7 Å². The minimum atomic E-state index is -0.184. The summed E-state index contributed by atoms with van der Waals surface area (Å²) < 4.78 is 29.5. The molecular formula is C35H61FN4O4. The number of aromatic nitrogens is 1. The topological polar surface area (TPSA) is 70.5 Å². The number of rotatable bonds is 15. The molecule has 1 aromatic carbocycles. The number of hydrogen-bond acceptors (Lipinski definition) is 8. The second-order valence-corrected chi connectivity index (χ2v) is 10.4. The number of nitrogens with zero attached hydrogens (tertiary/aromatic N) is 4. The van der Waals surface area contributed by atoms with Crippen molar-refractivity contribution < 1.29 is 23.7 Å². The second kappa shape index (κ2) is 24.8. The molecule has 8 nitrogen and oxygen atoms in total. The van der Waals surface area contributed by atoms with Crippen LogP contribution < -0.4 is 14.7 Å². The maximum absolute atomic E-state index is 13.8. The van der Waals surface area contributed by atoms with Crippen molar-refractivity contribution in [1.82, 2.24) is 4.98 Å². The first-order valence-electron chi connectivity index (χ1n) is 16.8. The molecule has 0 atom stereocenters. The van der Waals surface area contributed by atoms with Crippen molar-refractivity contribution in [3.05, 3.63) is 48.4 Å². The predicted octanol–water partition coefficient (Wildman–Crippen LogP) is 6.66. The van der Waals surface area contributed by atoms with E-state index in [1.807, 2.05) is 40.0 Å². The molecule has 2 fully saturated rings. The van der Waals surface area contributed by atoms with E-state index >= 15 is 0 Å². The van der Waals surface area contributed by atoms with Crippen molar-refractivity contribution in [3.8, 4) is 0 Å². The summed E-state index contributed by atoms with van der Waals surface area (Å²) in [6, 6.07) is 11.6. The fourth-order valence-corrected chi connectivity index (χ4v) is 5.13. The SMILES string of the molecule is CC.CC.CCCN(c1cccc(F)c1)C1CN(c2cc(N3CCC(COCCOCCO)CC3)ccn2)C1.CCCOC. The summed E-state index contributed by atoms with van der Waals surface area (Å²) in [5.74, 6) is 1.41. The Morgan fingerprint density at radius 3 is 2.20 bits per heavy atom. The Morgan fingerprint density at radius 1 is 0.909 bits per heavy atom. The van der Waals surface area contributed by atoms with Gasteiger partial charge in [0.25, 0.3) is 0 Å². The van der Waals surface area contributed by atoms with Gasteiger partial charge in [-0.3, -0.25) is 0 Å². The lowest BCUT2D eigenvalue weighted by Gasteiger charge is -2.47. The van der Waals surface area contributed by atoms with Crippen LogP contribution in [0.15, 0.2) is 42.6 Å². The van der Waals surface area contributed by atoms with Gasteiger partial charge in [-0.15, -0.1) is 0 Å². The van der Waals surface area contributed by atoms with E-state index < -0.39 is 0 Å². The number of pyridine rings is 1. The van der Waals surface area contributed by atoms with Crippen LogP contribution in [-0.4, -0.2) is 95.6 Å². The third-order valence-electron chi connectivity index (χ3n) is 7.31. The number of aliphatic hydroxyl groups is 1. The van der Waals surface area contributed by atoms with Crippen LogP contribution in [0, 0.1) is 11.7 Å². The van der Waals surface area contributed by atoms with Gasteiger partial charge in [0, 0.05) is 76.7 Å². The van der Waals surface area contributed by atoms with E-state index in [9.17, 15) is 4.39 Å². The maximum Gasteiger partial charge on any atom is 0.130 e. The molecule has 0 bridgehead atoms. The Morgan fingerprint density at radius 2 is 1.61 bits per heavy atom. The molecule has 2 saturated heterocycles. The number of hydrogen-bond donors (Lipinski definition) is 1. The van der Waals surface area contributed by atoms with E-state index in [4.69, 9.17) is 19.3 Å². The molecule has 252 valence electrons. The highest BCUT2D eigenvalue weighted by atomic mass is 19.1. The molecule has 1 aromatic heterocycles. The van der Waals surface area contributed by atoms with Gasteiger partial charge in [0.05, 0.1) is 32.5 Å². The average Bonchev–Trinajstić information content (AvgIpc) is 3.05. The Hall–Kier alpha value is -2.46. The molecule has 0 unspecified atom stereocenters. The predicted molar refractivity (Wildman–Crippen MR) is 183 cm³/mol. The fourth-order valence-electron chi connectivity index (χ4n) is 5.13. The number of halogens is 1. The van der Waals surface area contributed by atoms with Crippen molar-refractivity contribution in [2.45, 2.75) is 73.3 Å². The molecule has 2 aromatic rings. The molecule has 3 heterocycles. The third-order valence-corrected chi connectivity index (χ3v) is 7.31. The highest BCUT2D eigenvalue weighted by Crippen LogP contribution is 2.30. The second-order valence-electron chi connectivity index (χ2n) is 10.4. The number of methoxy groups -OCH3 is 1. The van der Waals surface area contributed by atoms with Crippen molar-refractivity contribution >= 4 is 17.2 Å². The first-order chi connectivity index (χ1) is 21.6. The number of aliphatic hydroxyl groups excluding tert-OH is 1. The summed E-state index contributed by atoms with van der Waals surface area (Å²) in [7, 11) is 1.71. The Bertz CT molecular complexity index is 954. The monoisotopic (exact) mass is 620 g/mol. The van der Waals surface area contributed by atoms with E-state index in [0.717, 1.165) is 83.1 Å². The molecule has 2 aliphatic heterocycles. The van der Waals surface area contributed by atoms with Gasteiger partial charge in [0.1, 0.15) is 11.6 Å². The van der Waals surface area contributed by atoms with Crippen LogP contribution in [0.25, 0.3) is 0 Å². The lowest BCUT2D eigenvalue weighted by Crippen LogP contribution is -2.60. The summed E-state index contributed by atoms with van der Waals surface area (Å²) in [4.78, 5) is 11.7. The quantitative estimate of drug-likeness (QED) is 0.222. The molecule has 9 heteroatoms. The molecule has 0 radical (unpaired) electrons. The molecule has 44 heavy (non-hydrogen) atoms. The maximum atomic E-state index is 13.8. The van der Waals surface area contributed by atoms with Crippen LogP contribution in [-0.2, 0) is 14.2 Å². The molecule has 4 rings (SSSR count). The summed E-state index contributed by atoms with van der Waals surface area (Å²) >= 11 is 0. The highest BCUT2D eigenvalue weighted by Gasteiger charge is 2.33. The van der Waals surface area contributed by atoms with E-state index in [1.165, 1.54) is 11.8 Å². The van der Waals surface area contributed by atoms with Crippen LogP contribution >= 0.6 is 0 Å². The Kier molecular flexibility index (Phi) is 22.3. The summed E-state index contributed by atoms with van der Waals surface area (Å²) in [6.45, 7) is 20.2. The lowest BCUT2D eigenvalue weighted by atomic mass is 9.97. The molecule has 0 saturated carbocycles. The fraction of sp³-hybridized carbons (Fsp3) is 0.686. The largest absolute Gasteiger partial charge is 0.394 e. The highest BCUT2D eigenvalue weighted by molar-refractivity contribution is 5.58. The number of anilines is 3. The minimum Gasteiger partial charge on any atom is -0.394 e. The van der Waals surface area contributed by atoms with Crippen LogP contribution in [0.2, 0.25) is 0 Å². The van der Waals surface area contributed by atoms with Gasteiger partial charge in [0.15, 0.2) is 0 Å². The van der Waals surface area contributed by atoms with Gasteiger partial charge in [-0.1, -0.05) is 47.6 Å². The zero-order valence-corrected chi connectivity index (χ0v) is 28.6. The van der Waals surface area contributed by atoms with Crippen LogP contribution in [0.1, 0.15) is 67.2 Å². The molecular weight excluding hydrogens is 559 g/mol. The van der Waals surface area contributed by atoms with E-state index in [1.54, 1.807) is 19.2 Å². The lowest BCUT2D eigenvalue weighted by molar-refractivity contribution is 0.0193. The van der Waals surface area contributed by atoms with Crippen LogP contribution in [0.4, 0.5) is 21.6 Å². The Balaban J connectivity index is 0.000000962. The number of benzene rings is 1. The zero-order valence-electron chi connectivity index (χ0n) is 28.6.